The van der Waals surface area contributed by atoms with Crippen LogP contribution in [0.2, 0.25) is 0 Å². The number of likely N-dealkylation sites (N-methyl/N-ethyl adjacent to an activating group) is 1. The lowest BCUT2D eigenvalue weighted by atomic mass is 9.94. The standard InChI is InChI=1S/C15H33N3O3/c1-5-17-15(2,14(16)19)8-6-9-18(11-13-21-4)10-7-12-20-3/h17H,5-13H2,1-4H3,(H2,16,19). The molecule has 1 unspecified atom stereocenters. The van der Waals surface area contributed by atoms with E-state index < -0.39 is 5.54 Å². The normalized spacial score (nSPS) is 14.3. The van der Waals surface area contributed by atoms with Gasteiger partial charge in [0, 0.05) is 33.9 Å². The van der Waals surface area contributed by atoms with E-state index in [-0.39, 0.29) is 5.91 Å². The number of amides is 1. The molecule has 0 heterocycles. The summed E-state index contributed by atoms with van der Waals surface area (Å²) in [4.78, 5) is 13.9. The predicted octanol–water partition coefficient (Wildman–Crippen LogP) is 0.605. The van der Waals surface area contributed by atoms with Gasteiger partial charge in [0.2, 0.25) is 5.91 Å². The van der Waals surface area contributed by atoms with Gasteiger partial charge in [-0.2, -0.15) is 0 Å². The van der Waals surface area contributed by atoms with Crippen LogP contribution in [0.3, 0.4) is 0 Å². The van der Waals surface area contributed by atoms with Crippen LogP contribution in [0.5, 0.6) is 0 Å². The minimum atomic E-state index is -0.617. The molecule has 0 rings (SSSR count). The summed E-state index contributed by atoms with van der Waals surface area (Å²) in [6, 6.07) is 0. The lowest BCUT2D eigenvalue weighted by Crippen LogP contribution is -2.53. The van der Waals surface area contributed by atoms with Crippen molar-refractivity contribution in [1.29, 1.82) is 0 Å². The first kappa shape index (κ1) is 20.3. The van der Waals surface area contributed by atoms with Gasteiger partial charge in [0.25, 0.3) is 0 Å². The zero-order valence-corrected chi connectivity index (χ0v) is 14.1. The van der Waals surface area contributed by atoms with Crippen molar-refractivity contribution < 1.29 is 14.3 Å². The Hall–Kier alpha value is -0.690. The number of carbonyl (C=O) groups is 1. The van der Waals surface area contributed by atoms with E-state index in [4.69, 9.17) is 15.2 Å². The molecule has 0 aromatic rings. The number of nitrogens with zero attached hydrogens (tertiary/aromatic N) is 1. The number of ether oxygens (including phenoxy) is 2. The summed E-state index contributed by atoms with van der Waals surface area (Å²) in [6.07, 6.45) is 2.66. The molecule has 0 aromatic heterocycles. The quantitative estimate of drug-likeness (QED) is 0.460. The molecule has 0 aliphatic rings. The average molecular weight is 303 g/mol. The molecular weight excluding hydrogens is 270 g/mol. The Morgan fingerprint density at radius 2 is 1.76 bits per heavy atom. The summed E-state index contributed by atoms with van der Waals surface area (Å²) < 4.78 is 10.2. The van der Waals surface area contributed by atoms with E-state index in [0.717, 1.165) is 52.0 Å². The van der Waals surface area contributed by atoms with Crippen molar-refractivity contribution >= 4 is 5.91 Å². The van der Waals surface area contributed by atoms with E-state index in [1.165, 1.54) is 0 Å². The van der Waals surface area contributed by atoms with Crippen molar-refractivity contribution in [2.45, 2.75) is 38.6 Å². The molecule has 1 amide bonds. The van der Waals surface area contributed by atoms with Crippen molar-refractivity contribution in [2.75, 3.05) is 53.6 Å². The number of rotatable bonds is 14. The summed E-state index contributed by atoms with van der Waals surface area (Å²) in [5.41, 5.74) is 4.88. The Kier molecular flexibility index (Phi) is 11.5. The number of carbonyl (C=O) groups excluding carboxylic acids is 1. The van der Waals surface area contributed by atoms with Crippen molar-refractivity contribution in [1.82, 2.24) is 10.2 Å². The molecular formula is C15H33N3O3. The van der Waals surface area contributed by atoms with Crippen molar-refractivity contribution in [3.05, 3.63) is 0 Å². The maximum absolute atomic E-state index is 11.6. The first-order valence-electron chi connectivity index (χ1n) is 7.75. The molecule has 0 aliphatic carbocycles. The molecule has 126 valence electrons. The molecule has 21 heavy (non-hydrogen) atoms. The van der Waals surface area contributed by atoms with Crippen LogP contribution in [0, 0.1) is 0 Å². The molecule has 0 aliphatic heterocycles. The van der Waals surface area contributed by atoms with Crippen LogP contribution < -0.4 is 11.1 Å². The highest BCUT2D eigenvalue weighted by Gasteiger charge is 2.29. The van der Waals surface area contributed by atoms with Gasteiger partial charge in [-0.1, -0.05) is 6.92 Å². The number of hydrogen-bond donors (Lipinski definition) is 2. The van der Waals surface area contributed by atoms with E-state index in [0.29, 0.717) is 6.61 Å². The zero-order chi connectivity index (χ0) is 16.1. The van der Waals surface area contributed by atoms with Crippen molar-refractivity contribution in [2.24, 2.45) is 5.73 Å². The van der Waals surface area contributed by atoms with Gasteiger partial charge in [-0.05, 0) is 39.3 Å². The molecule has 0 spiro atoms. The number of methoxy groups -OCH3 is 2. The number of nitrogens with two attached hydrogens (primary N) is 1. The van der Waals surface area contributed by atoms with Gasteiger partial charge >= 0.3 is 0 Å². The lowest BCUT2D eigenvalue weighted by molar-refractivity contribution is -0.124. The topological polar surface area (TPSA) is 76.8 Å². The zero-order valence-electron chi connectivity index (χ0n) is 14.1. The van der Waals surface area contributed by atoms with Gasteiger partial charge in [0.05, 0.1) is 12.1 Å². The maximum atomic E-state index is 11.6. The van der Waals surface area contributed by atoms with E-state index in [1.54, 1.807) is 14.2 Å². The third kappa shape index (κ3) is 9.03. The SMILES string of the molecule is CCNC(C)(CCCN(CCCOC)CCOC)C(N)=O. The van der Waals surface area contributed by atoms with Crippen LogP contribution in [-0.2, 0) is 14.3 Å². The monoisotopic (exact) mass is 303 g/mol. The fourth-order valence-corrected chi connectivity index (χ4v) is 2.33. The maximum Gasteiger partial charge on any atom is 0.237 e. The van der Waals surface area contributed by atoms with Crippen LogP contribution in [0.15, 0.2) is 0 Å². The van der Waals surface area contributed by atoms with E-state index in [9.17, 15) is 4.79 Å². The van der Waals surface area contributed by atoms with Crippen LogP contribution >= 0.6 is 0 Å². The smallest absolute Gasteiger partial charge is 0.237 e. The first-order chi connectivity index (χ1) is 10.00. The number of nitrogens with one attached hydrogen (secondary N) is 1. The van der Waals surface area contributed by atoms with Crippen LogP contribution in [-0.4, -0.2) is 70.0 Å². The van der Waals surface area contributed by atoms with Gasteiger partial charge < -0.3 is 25.4 Å². The third-order valence-corrected chi connectivity index (χ3v) is 3.70. The molecule has 0 bridgehead atoms. The highest BCUT2D eigenvalue weighted by atomic mass is 16.5. The molecule has 0 saturated heterocycles. The Bertz CT molecular complexity index is 277. The van der Waals surface area contributed by atoms with Crippen LogP contribution in [0.1, 0.15) is 33.1 Å². The second kappa shape index (κ2) is 11.9. The highest BCUT2D eigenvalue weighted by Crippen LogP contribution is 2.12. The molecule has 0 saturated carbocycles. The van der Waals surface area contributed by atoms with Gasteiger partial charge in [-0.15, -0.1) is 0 Å². The molecule has 6 heteroatoms. The van der Waals surface area contributed by atoms with Gasteiger partial charge in [0.1, 0.15) is 0 Å². The molecule has 0 aromatic carbocycles. The first-order valence-corrected chi connectivity index (χ1v) is 7.75. The largest absolute Gasteiger partial charge is 0.385 e. The molecule has 0 fully saturated rings. The average Bonchev–Trinajstić information content (AvgIpc) is 2.44. The van der Waals surface area contributed by atoms with Crippen molar-refractivity contribution in [3.8, 4) is 0 Å². The van der Waals surface area contributed by atoms with Gasteiger partial charge in [-0.3, -0.25) is 4.79 Å². The molecule has 1 atom stereocenters. The Morgan fingerprint density at radius 3 is 2.29 bits per heavy atom. The molecule has 0 radical (unpaired) electrons. The minimum absolute atomic E-state index is 0.285. The number of hydrogen-bond acceptors (Lipinski definition) is 5. The third-order valence-electron chi connectivity index (χ3n) is 3.70. The van der Waals surface area contributed by atoms with Crippen molar-refractivity contribution in [3.63, 3.8) is 0 Å². The Morgan fingerprint density at radius 1 is 1.14 bits per heavy atom. The summed E-state index contributed by atoms with van der Waals surface area (Å²) in [5, 5.41) is 3.19. The summed E-state index contributed by atoms with van der Waals surface area (Å²) >= 11 is 0. The molecule has 3 N–H and O–H groups in total. The van der Waals surface area contributed by atoms with E-state index in [1.807, 2.05) is 13.8 Å². The van der Waals surface area contributed by atoms with E-state index in [2.05, 4.69) is 10.2 Å². The predicted molar refractivity (Wildman–Crippen MR) is 85.3 cm³/mol. The summed E-state index contributed by atoms with van der Waals surface area (Å²) in [5.74, 6) is -0.285. The van der Waals surface area contributed by atoms with Gasteiger partial charge in [0.15, 0.2) is 0 Å². The second-order valence-electron chi connectivity index (χ2n) is 5.51. The molecule has 6 nitrogen and oxygen atoms in total. The minimum Gasteiger partial charge on any atom is -0.385 e. The summed E-state index contributed by atoms with van der Waals surface area (Å²) in [6.45, 7) is 8.88. The second-order valence-corrected chi connectivity index (χ2v) is 5.51. The van der Waals surface area contributed by atoms with E-state index >= 15 is 0 Å². The summed E-state index contributed by atoms with van der Waals surface area (Å²) in [7, 11) is 3.43. The fraction of sp³-hybridized carbons (Fsp3) is 0.933. The fourth-order valence-electron chi connectivity index (χ4n) is 2.33. The van der Waals surface area contributed by atoms with Crippen LogP contribution in [0.4, 0.5) is 0 Å². The number of primary amides is 1. The lowest BCUT2D eigenvalue weighted by Gasteiger charge is -2.29. The highest BCUT2D eigenvalue weighted by molar-refractivity contribution is 5.84. The van der Waals surface area contributed by atoms with Gasteiger partial charge in [-0.25, -0.2) is 0 Å². The van der Waals surface area contributed by atoms with Crippen LogP contribution in [0.25, 0.3) is 0 Å². The Labute approximate surface area is 129 Å². The Balaban J connectivity index is 4.21.